The van der Waals surface area contributed by atoms with Crippen LogP contribution in [0.25, 0.3) is 0 Å². The van der Waals surface area contributed by atoms with Gasteiger partial charge in [-0.05, 0) is 40.5 Å². The Morgan fingerprint density at radius 1 is 1.35 bits per heavy atom. The summed E-state index contributed by atoms with van der Waals surface area (Å²) in [7, 11) is 0. The third kappa shape index (κ3) is 2.66. The van der Waals surface area contributed by atoms with Crippen LogP contribution in [0, 0.1) is 6.92 Å². The fraction of sp³-hybridized carbons (Fsp3) is 0.833. The van der Waals surface area contributed by atoms with Gasteiger partial charge in [0.2, 0.25) is 0 Å². The fourth-order valence-corrected chi connectivity index (χ4v) is 2.31. The van der Waals surface area contributed by atoms with Crippen molar-refractivity contribution in [2.75, 3.05) is 6.54 Å². The van der Waals surface area contributed by atoms with E-state index >= 15 is 0 Å². The summed E-state index contributed by atoms with van der Waals surface area (Å²) >= 11 is 0. The molecule has 1 saturated heterocycles. The summed E-state index contributed by atoms with van der Waals surface area (Å²) in [4.78, 5) is 1.77. The Morgan fingerprint density at radius 3 is 2.53 bits per heavy atom. The van der Waals surface area contributed by atoms with Gasteiger partial charge in [0.1, 0.15) is 11.3 Å². The van der Waals surface area contributed by atoms with Crippen LogP contribution in [0.5, 0.6) is 0 Å². The third-order valence-corrected chi connectivity index (χ3v) is 3.34. The largest absolute Gasteiger partial charge is 0.384 e. The topological polar surface area (TPSA) is 63.0 Å². The van der Waals surface area contributed by atoms with Crippen LogP contribution < -0.4 is 5.32 Å². The van der Waals surface area contributed by atoms with Crippen molar-refractivity contribution in [3.05, 3.63) is 11.4 Å². The number of aromatic nitrogens is 3. The lowest BCUT2D eigenvalue weighted by molar-refractivity contribution is 0.0719. The number of rotatable bonds is 2. The standard InChI is InChI=1S/C12H22N4O/c1-8-5-6-10(7-13-8)16-14-9(2)11(15-16)12(3,4)17/h8,10,13,17H,5-7H2,1-4H3/t8-,10-/m1/s1. The highest BCUT2D eigenvalue weighted by Gasteiger charge is 2.27. The van der Waals surface area contributed by atoms with Gasteiger partial charge in [-0.25, -0.2) is 0 Å². The second-order valence-corrected chi connectivity index (χ2v) is 5.55. The Hall–Kier alpha value is -0.940. The first-order valence-corrected chi connectivity index (χ1v) is 6.27. The molecule has 2 N–H and O–H groups in total. The molecule has 5 nitrogen and oxygen atoms in total. The van der Waals surface area contributed by atoms with Crippen molar-refractivity contribution in [2.45, 2.75) is 58.2 Å². The molecule has 96 valence electrons. The maximum Gasteiger partial charge on any atom is 0.117 e. The van der Waals surface area contributed by atoms with Crippen molar-refractivity contribution in [2.24, 2.45) is 0 Å². The molecule has 5 heteroatoms. The Labute approximate surface area is 102 Å². The van der Waals surface area contributed by atoms with Gasteiger partial charge < -0.3 is 10.4 Å². The zero-order valence-electron chi connectivity index (χ0n) is 11.1. The number of piperidine rings is 1. The van der Waals surface area contributed by atoms with E-state index in [9.17, 15) is 5.11 Å². The van der Waals surface area contributed by atoms with Gasteiger partial charge in [-0.15, -0.1) is 0 Å². The summed E-state index contributed by atoms with van der Waals surface area (Å²) in [5, 5.41) is 22.3. The van der Waals surface area contributed by atoms with Crippen LogP contribution in [0.1, 0.15) is 51.0 Å². The van der Waals surface area contributed by atoms with Gasteiger partial charge in [0.25, 0.3) is 0 Å². The normalized spacial score (nSPS) is 26.2. The fourth-order valence-electron chi connectivity index (χ4n) is 2.31. The molecule has 0 spiro atoms. The molecular formula is C12H22N4O. The number of nitrogens with one attached hydrogen (secondary N) is 1. The van der Waals surface area contributed by atoms with E-state index in [1.165, 1.54) is 0 Å². The molecule has 0 unspecified atom stereocenters. The molecule has 2 heterocycles. The quantitative estimate of drug-likeness (QED) is 0.810. The van der Waals surface area contributed by atoms with E-state index in [2.05, 4.69) is 22.4 Å². The molecule has 0 radical (unpaired) electrons. The molecule has 1 aliphatic rings. The molecule has 0 aromatic carbocycles. The van der Waals surface area contributed by atoms with E-state index in [0.29, 0.717) is 17.8 Å². The lowest BCUT2D eigenvalue weighted by Gasteiger charge is -2.26. The SMILES string of the molecule is Cc1nn([C@@H]2CC[C@@H](C)NC2)nc1C(C)(C)O. The molecule has 0 aliphatic carbocycles. The predicted octanol–water partition coefficient (Wildman–Crippen LogP) is 1.13. The molecule has 1 aromatic heterocycles. The van der Waals surface area contributed by atoms with Crippen molar-refractivity contribution in [1.29, 1.82) is 0 Å². The average molecular weight is 238 g/mol. The Bertz CT molecular complexity index is 386. The van der Waals surface area contributed by atoms with E-state index in [4.69, 9.17) is 0 Å². The van der Waals surface area contributed by atoms with Crippen molar-refractivity contribution in [3.8, 4) is 0 Å². The van der Waals surface area contributed by atoms with Crippen molar-refractivity contribution >= 4 is 0 Å². The second-order valence-electron chi connectivity index (χ2n) is 5.55. The number of hydrogen-bond acceptors (Lipinski definition) is 4. The minimum Gasteiger partial charge on any atom is -0.384 e. The Balaban J connectivity index is 2.18. The molecule has 1 fully saturated rings. The molecule has 2 atom stereocenters. The Morgan fingerprint density at radius 2 is 2.06 bits per heavy atom. The van der Waals surface area contributed by atoms with E-state index in [-0.39, 0.29) is 0 Å². The molecule has 0 amide bonds. The number of aryl methyl sites for hydroxylation is 1. The van der Waals surface area contributed by atoms with Crippen LogP contribution in [0.4, 0.5) is 0 Å². The molecule has 0 saturated carbocycles. The van der Waals surface area contributed by atoms with Crippen molar-refractivity contribution in [1.82, 2.24) is 20.3 Å². The highest BCUT2D eigenvalue weighted by molar-refractivity contribution is 5.13. The first kappa shape index (κ1) is 12.5. The smallest absolute Gasteiger partial charge is 0.117 e. The number of hydrogen-bond donors (Lipinski definition) is 2. The van der Waals surface area contributed by atoms with Crippen LogP contribution in [0.3, 0.4) is 0 Å². The van der Waals surface area contributed by atoms with Gasteiger partial charge in [-0.3, -0.25) is 0 Å². The van der Waals surface area contributed by atoms with E-state index in [0.717, 1.165) is 25.1 Å². The van der Waals surface area contributed by atoms with Crippen LogP contribution >= 0.6 is 0 Å². The van der Waals surface area contributed by atoms with Crippen LogP contribution in [-0.4, -0.2) is 32.7 Å². The summed E-state index contributed by atoms with van der Waals surface area (Å²) in [6, 6.07) is 0.887. The van der Waals surface area contributed by atoms with Gasteiger partial charge in [0.05, 0.1) is 11.7 Å². The Kier molecular flexibility index (Phi) is 3.23. The van der Waals surface area contributed by atoms with E-state index in [1.807, 2.05) is 6.92 Å². The van der Waals surface area contributed by atoms with E-state index in [1.54, 1.807) is 18.6 Å². The lowest BCUT2D eigenvalue weighted by Crippen LogP contribution is -2.38. The van der Waals surface area contributed by atoms with Crippen molar-refractivity contribution < 1.29 is 5.11 Å². The molecule has 2 rings (SSSR count). The third-order valence-electron chi connectivity index (χ3n) is 3.34. The summed E-state index contributed by atoms with van der Waals surface area (Å²) < 4.78 is 0. The average Bonchev–Trinajstić information content (AvgIpc) is 2.61. The minimum absolute atomic E-state index is 0.306. The highest BCUT2D eigenvalue weighted by Crippen LogP contribution is 2.23. The maximum atomic E-state index is 9.99. The van der Waals surface area contributed by atoms with Gasteiger partial charge in [-0.1, -0.05) is 0 Å². The van der Waals surface area contributed by atoms with Crippen LogP contribution in [-0.2, 0) is 5.60 Å². The second kappa shape index (κ2) is 4.38. The van der Waals surface area contributed by atoms with Crippen LogP contribution in [0.15, 0.2) is 0 Å². The summed E-state index contributed by atoms with van der Waals surface area (Å²) in [6.45, 7) is 8.49. The molecule has 1 aliphatic heterocycles. The molecule has 0 bridgehead atoms. The first-order chi connectivity index (χ1) is 7.88. The van der Waals surface area contributed by atoms with Gasteiger partial charge in [0, 0.05) is 12.6 Å². The zero-order valence-corrected chi connectivity index (χ0v) is 11.1. The summed E-state index contributed by atoms with van der Waals surface area (Å²) in [6.07, 6.45) is 2.23. The lowest BCUT2D eigenvalue weighted by atomic mass is 10.0. The van der Waals surface area contributed by atoms with E-state index < -0.39 is 5.60 Å². The minimum atomic E-state index is -0.919. The highest BCUT2D eigenvalue weighted by atomic mass is 16.3. The summed E-state index contributed by atoms with van der Waals surface area (Å²) in [5.41, 5.74) is 0.574. The van der Waals surface area contributed by atoms with Gasteiger partial charge in [-0.2, -0.15) is 15.0 Å². The number of nitrogens with zero attached hydrogens (tertiary/aromatic N) is 3. The predicted molar refractivity (Wildman–Crippen MR) is 65.7 cm³/mol. The molecule has 17 heavy (non-hydrogen) atoms. The van der Waals surface area contributed by atoms with Crippen LogP contribution in [0.2, 0.25) is 0 Å². The van der Waals surface area contributed by atoms with Gasteiger partial charge in [0.15, 0.2) is 0 Å². The van der Waals surface area contributed by atoms with Crippen molar-refractivity contribution in [3.63, 3.8) is 0 Å². The number of aliphatic hydroxyl groups is 1. The monoisotopic (exact) mass is 238 g/mol. The molecule has 1 aromatic rings. The summed E-state index contributed by atoms with van der Waals surface area (Å²) in [5.74, 6) is 0. The zero-order chi connectivity index (χ0) is 12.6. The maximum absolute atomic E-state index is 9.99. The molecular weight excluding hydrogens is 216 g/mol. The van der Waals surface area contributed by atoms with Gasteiger partial charge >= 0.3 is 0 Å². The first-order valence-electron chi connectivity index (χ1n) is 6.27.